The topological polar surface area (TPSA) is 70.7 Å². The number of rotatable bonds is 7. The molecule has 2 rings (SSSR count). The van der Waals surface area contributed by atoms with E-state index in [4.69, 9.17) is 4.74 Å². The van der Waals surface area contributed by atoms with Gasteiger partial charge in [0.25, 0.3) is 0 Å². The van der Waals surface area contributed by atoms with Crippen molar-refractivity contribution in [3.05, 3.63) is 34.3 Å². The predicted octanol–water partition coefficient (Wildman–Crippen LogP) is 1.32. The first kappa shape index (κ1) is 20.9. The first-order valence-electron chi connectivity index (χ1n) is 7.62. The predicted molar refractivity (Wildman–Crippen MR) is 98.1 cm³/mol. The number of nitrogens with one attached hydrogen (secondary N) is 2. The second kappa shape index (κ2) is 10.7. The lowest BCUT2D eigenvalue weighted by Gasteiger charge is -2.33. The third-order valence-electron chi connectivity index (χ3n) is 3.66. The van der Waals surface area contributed by atoms with E-state index in [1.54, 1.807) is 12.0 Å². The van der Waals surface area contributed by atoms with Crippen LogP contribution in [-0.4, -0.2) is 56.1 Å². The van der Waals surface area contributed by atoms with Crippen molar-refractivity contribution in [2.75, 3.05) is 33.4 Å². The normalized spacial score (nSPS) is 17.3. The van der Waals surface area contributed by atoms with Crippen LogP contribution in [-0.2, 0) is 20.9 Å². The fourth-order valence-electron chi connectivity index (χ4n) is 2.51. The SMILES string of the molecule is COCCNC(=O)CC1NCCN(Cc2cccc(Br)c2)C1=O.Cl. The number of carbonyl (C=O) groups excluding carboxylic acids is 2. The summed E-state index contributed by atoms with van der Waals surface area (Å²) in [5, 5.41) is 5.87. The van der Waals surface area contributed by atoms with Crippen LogP contribution in [0.1, 0.15) is 12.0 Å². The zero-order valence-electron chi connectivity index (χ0n) is 13.6. The van der Waals surface area contributed by atoms with Crippen molar-refractivity contribution in [2.24, 2.45) is 0 Å². The third-order valence-corrected chi connectivity index (χ3v) is 4.16. The number of carbonyl (C=O) groups is 2. The Morgan fingerprint density at radius 1 is 1.50 bits per heavy atom. The summed E-state index contributed by atoms with van der Waals surface area (Å²) in [6.07, 6.45) is 0.150. The second-order valence-electron chi connectivity index (χ2n) is 5.44. The summed E-state index contributed by atoms with van der Waals surface area (Å²) in [6, 6.07) is 7.44. The van der Waals surface area contributed by atoms with E-state index in [0.29, 0.717) is 32.8 Å². The molecular formula is C16H23BrClN3O3. The first-order valence-corrected chi connectivity index (χ1v) is 8.41. The highest BCUT2D eigenvalue weighted by molar-refractivity contribution is 9.10. The maximum atomic E-state index is 12.5. The summed E-state index contributed by atoms with van der Waals surface area (Å²) in [5.41, 5.74) is 1.07. The molecule has 1 aromatic carbocycles. The fraction of sp³-hybridized carbons (Fsp3) is 0.500. The van der Waals surface area contributed by atoms with E-state index in [9.17, 15) is 9.59 Å². The van der Waals surface area contributed by atoms with Gasteiger partial charge >= 0.3 is 0 Å². The Labute approximate surface area is 156 Å². The third kappa shape index (κ3) is 6.39. The van der Waals surface area contributed by atoms with Gasteiger partial charge in [0, 0.05) is 37.8 Å². The average molecular weight is 421 g/mol. The van der Waals surface area contributed by atoms with Gasteiger partial charge in [0.1, 0.15) is 0 Å². The maximum Gasteiger partial charge on any atom is 0.240 e. The molecule has 134 valence electrons. The van der Waals surface area contributed by atoms with Gasteiger partial charge < -0.3 is 20.3 Å². The highest BCUT2D eigenvalue weighted by Gasteiger charge is 2.29. The average Bonchev–Trinajstić information content (AvgIpc) is 2.52. The van der Waals surface area contributed by atoms with Gasteiger partial charge in [-0.1, -0.05) is 28.1 Å². The molecule has 0 saturated carbocycles. The molecule has 1 aliphatic heterocycles. The molecule has 0 spiro atoms. The highest BCUT2D eigenvalue weighted by atomic mass is 79.9. The Hall–Kier alpha value is -1.15. The standard InChI is InChI=1S/C16H22BrN3O3.ClH/c1-23-8-6-19-15(21)10-14-16(22)20(7-5-18-14)11-12-3-2-4-13(17)9-12;/h2-4,9,14,18H,5-8,10-11H2,1H3,(H,19,21);1H. The molecule has 2 amide bonds. The van der Waals surface area contributed by atoms with Crippen LogP contribution in [0.3, 0.4) is 0 Å². The molecule has 24 heavy (non-hydrogen) atoms. The number of halogens is 2. The molecule has 1 aromatic rings. The smallest absolute Gasteiger partial charge is 0.240 e. The minimum Gasteiger partial charge on any atom is -0.383 e. The van der Waals surface area contributed by atoms with Gasteiger partial charge in [0.05, 0.1) is 19.1 Å². The second-order valence-corrected chi connectivity index (χ2v) is 6.36. The summed E-state index contributed by atoms with van der Waals surface area (Å²) in [6.45, 7) is 2.81. The number of hydrogen-bond donors (Lipinski definition) is 2. The van der Waals surface area contributed by atoms with Crippen molar-refractivity contribution < 1.29 is 14.3 Å². The van der Waals surface area contributed by atoms with Gasteiger partial charge in [0.15, 0.2) is 0 Å². The van der Waals surface area contributed by atoms with Gasteiger partial charge in [-0.05, 0) is 17.7 Å². The lowest BCUT2D eigenvalue weighted by Crippen LogP contribution is -2.55. The Kier molecular flexibility index (Phi) is 9.28. The van der Waals surface area contributed by atoms with Crippen LogP contribution >= 0.6 is 28.3 Å². The van der Waals surface area contributed by atoms with Crippen LogP contribution in [0.4, 0.5) is 0 Å². The minimum absolute atomic E-state index is 0. The molecule has 8 heteroatoms. The van der Waals surface area contributed by atoms with Crippen molar-refractivity contribution in [1.82, 2.24) is 15.5 Å². The first-order chi connectivity index (χ1) is 11.1. The summed E-state index contributed by atoms with van der Waals surface area (Å²) in [4.78, 5) is 26.2. The van der Waals surface area contributed by atoms with E-state index >= 15 is 0 Å². The van der Waals surface area contributed by atoms with Crippen molar-refractivity contribution in [3.63, 3.8) is 0 Å². The van der Waals surface area contributed by atoms with Crippen LogP contribution in [0.5, 0.6) is 0 Å². The Morgan fingerprint density at radius 2 is 2.29 bits per heavy atom. The van der Waals surface area contributed by atoms with Gasteiger partial charge in [0.2, 0.25) is 11.8 Å². The van der Waals surface area contributed by atoms with Crippen molar-refractivity contribution in [1.29, 1.82) is 0 Å². The zero-order valence-corrected chi connectivity index (χ0v) is 16.0. The zero-order chi connectivity index (χ0) is 16.7. The number of benzene rings is 1. The quantitative estimate of drug-likeness (QED) is 0.653. The lowest BCUT2D eigenvalue weighted by molar-refractivity contribution is -0.138. The summed E-state index contributed by atoms with van der Waals surface area (Å²) in [5.74, 6) is -0.171. The maximum absolute atomic E-state index is 12.5. The Morgan fingerprint density at radius 3 is 3.00 bits per heavy atom. The number of nitrogens with zero attached hydrogens (tertiary/aromatic N) is 1. The van der Waals surface area contributed by atoms with E-state index in [0.717, 1.165) is 10.0 Å². The molecule has 0 bridgehead atoms. The molecule has 0 aromatic heterocycles. The van der Waals surface area contributed by atoms with Crippen LogP contribution in [0, 0.1) is 0 Å². The van der Waals surface area contributed by atoms with Crippen LogP contribution < -0.4 is 10.6 Å². The lowest BCUT2D eigenvalue weighted by atomic mass is 10.1. The number of ether oxygens (including phenoxy) is 1. The number of hydrogen-bond acceptors (Lipinski definition) is 4. The number of amides is 2. The molecule has 2 N–H and O–H groups in total. The molecule has 0 aliphatic carbocycles. The highest BCUT2D eigenvalue weighted by Crippen LogP contribution is 2.15. The van der Waals surface area contributed by atoms with Crippen molar-refractivity contribution >= 4 is 40.2 Å². The molecule has 1 saturated heterocycles. The molecule has 1 unspecified atom stereocenters. The molecular weight excluding hydrogens is 398 g/mol. The molecule has 6 nitrogen and oxygen atoms in total. The van der Waals surface area contributed by atoms with E-state index in [-0.39, 0.29) is 30.6 Å². The van der Waals surface area contributed by atoms with Crippen LogP contribution in [0.25, 0.3) is 0 Å². The summed E-state index contributed by atoms with van der Waals surface area (Å²) < 4.78 is 5.88. The molecule has 1 heterocycles. The van der Waals surface area contributed by atoms with Gasteiger partial charge in [-0.15, -0.1) is 12.4 Å². The van der Waals surface area contributed by atoms with Crippen LogP contribution in [0.2, 0.25) is 0 Å². The van der Waals surface area contributed by atoms with E-state index in [2.05, 4.69) is 26.6 Å². The van der Waals surface area contributed by atoms with Gasteiger partial charge in [-0.2, -0.15) is 0 Å². The molecule has 1 fully saturated rings. The van der Waals surface area contributed by atoms with Gasteiger partial charge in [-0.3, -0.25) is 9.59 Å². The Balaban J connectivity index is 0.00000288. The molecule has 1 aliphatic rings. The van der Waals surface area contributed by atoms with Crippen molar-refractivity contribution in [3.8, 4) is 0 Å². The molecule has 1 atom stereocenters. The van der Waals surface area contributed by atoms with Crippen LogP contribution in [0.15, 0.2) is 28.7 Å². The largest absolute Gasteiger partial charge is 0.383 e. The summed E-state index contributed by atoms with van der Waals surface area (Å²) in [7, 11) is 1.58. The van der Waals surface area contributed by atoms with Gasteiger partial charge in [-0.25, -0.2) is 0 Å². The van der Waals surface area contributed by atoms with E-state index in [1.165, 1.54) is 0 Å². The number of piperazine rings is 1. The Bertz CT molecular complexity index is 559. The monoisotopic (exact) mass is 419 g/mol. The summed E-state index contributed by atoms with van der Waals surface area (Å²) >= 11 is 3.44. The van der Waals surface area contributed by atoms with Crippen molar-refractivity contribution in [2.45, 2.75) is 19.0 Å². The number of methoxy groups -OCH3 is 1. The van der Waals surface area contributed by atoms with E-state index in [1.807, 2.05) is 24.3 Å². The molecule has 0 radical (unpaired) electrons. The van der Waals surface area contributed by atoms with E-state index < -0.39 is 6.04 Å². The fourth-order valence-corrected chi connectivity index (χ4v) is 2.96. The minimum atomic E-state index is -0.460.